The summed E-state index contributed by atoms with van der Waals surface area (Å²) in [5.74, 6) is 1.60. The maximum absolute atomic E-state index is 13.7. The highest BCUT2D eigenvalue weighted by molar-refractivity contribution is 8.18. The molecule has 1 saturated heterocycles. The Morgan fingerprint density at radius 2 is 1.89 bits per heavy atom. The second-order valence-electron chi connectivity index (χ2n) is 5.67. The van der Waals surface area contributed by atoms with Crippen LogP contribution in [0, 0.1) is 18.2 Å². The molecule has 28 heavy (non-hydrogen) atoms. The van der Waals surface area contributed by atoms with Gasteiger partial charge in [-0.1, -0.05) is 47.3 Å². The minimum atomic E-state index is -0.472. The van der Waals surface area contributed by atoms with Gasteiger partial charge in [0.2, 0.25) is 0 Å². The van der Waals surface area contributed by atoms with Crippen LogP contribution in [0.3, 0.4) is 0 Å². The molecule has 0 bridgehead atoms. The van der Waals surface area contributed by atoms with Crippen LogP contribution in [0.25, 0.3) is 6.08 Å². The van der Waals surface area contributed by atoms with Crippen molar-refractivity contribution in [3.8, 4) is 18.1 Å². The van der Waals surface area contributed by atoms with Crippen molar-refractivity contribution >= 4 is 52.2 Å². The average molecular weight is 436 g/mol. The molecular weight excluding hydrogens is 424 g/mol. The molecule has 0 radical (unpaired) electrons. The lowest BCUT2D eigenvalue weighted by molar-refractivity contribution is -0.122. The molecule has 1 aliphatic rings. The van der Waals surface area contributed by atoms with Gasteiger partial charge in [-0.05, 0) is 41.6 Å². The minimum Gasteiger partial charge on any atom is -0.486 e. The van der Waals surface area contributed by atoms with Gasteiger partial charge in [0.1, 0.15) is 12.4 Å². The van der Waals surface area contributed by atoms with Crippen molar-refractivity contribution in [2.24, 2.45) is 0 Å². The maximum atomic E-state index is 13.7. The van der Waals surface area contributed by atoms with E-state index in [0.29, 0.717) is 11.1 Å². The fourth-order valence-corrected chi connectivity index (χ4v) is 3.90. The molecule has 2 aromatic carbocycles. The smallest absolute Gasteiger partial charge is 0.294 e. The van der Waals surface area contributed by atoms with Crippen molar-refractivity contribution in [3.63, 3.8) is 0 Å². The van der Waals surface area contributed by atoms with Gasteiger partial charge in [0.25, 0.3) is 11.1 Å². The zero-order valence-corrected chi connectivity index (χ0v) is 16.6. The van der Waals surface area contributed by atoms with E-state index in [1.54, 1.807) is 30.3 Å². The molecule has 8 heteroatoms. The number of hydrogen-bond donors (Lipinski definition) is 0. The second kappa shape index (κ2) is 8.70. The normalized spacial score (nSPS) is 15.2. The molecular formula is C20H12Cl2FNO3S. The Balaban J connectivity index is 1.81. The number of halogens is 3. The van der Waals surface area contributed by atoms with Crippen LogP contribution in [0.2, 0.25) is 10.0 Å². The number of carbonyl (C=O) groups excluding carboxylic acids is 2. The third-order valence-corrected chi connectivity index (χ3v) is 5.24. The molecule has 0 aliphatic carbocycles. The molecule has 0 unspecified atom stereocenters. The molecule has 2 aromatic rings. The average Bonchev–Trinajstić information content (AvgIpc) is 2.90. The van der Waals surface area contributed by atoms with Crippen LogP contribution in [0.5, 0.6) is 5.75 Å². The number of imide groups is 1. The quantitative estimate of drug-likeness (QED) is 0.467. The molecule has 0 aromatic heterocycles. The third kappa shape index (κ3) is 4.33. The number of thioether (sulfide) groups is 1. The number of carbonyl (C=O) groups is 2. The van der Waals surface area contributed by atoms with E-state index >= 15 is 0 Å². The zero-order valence-electron chi connectivity index (χ0n) is 14.2. The molecule has 3 rings (SSSR count). The molecule has 1 aliphatic heterocycles. The number of terminal acetylenes is 1. The zero-order chi connectivity index (χ0) is 20.3. The molecule has 1 heterocycles. The Morgan fingerprint density at radius 1 is 1.21 bits per heavy atom. The number of ether oxygens (including phenoxy) is 1. The summed E-state index contributed by atoms with van der Waals surface area (Å²) in [6.07, 6.45) is 6.67. The fraction of sp³-hybridized carbons (Fsp3) is 0.100. The summed E-state index contributed by atoms with van der Waals surface area (Å²) in [5, 5.41) is -0.0490. The first-order valence-electron chi connectivity index (χ1n) is 7.94. The van der Waals surface area contributed by atoms with E-state index in [1.165, 1.54) is 12.1 Å². The number of amides is 2. The van der Waals surface area contributed by atoms with E-state index in [0.717, 1.165) is 16.7 Å². The van der Waals surface area contributed by atoms with Crippen molar-refractivity contribution in [2.45, 2.75) is 6.61 Å². The van der Waals surface area contributed by atoms with Crippen LogP contribution < -0.4 is 4.74 Å². The van der Waals surface area contributed by atoms with Gasteiger partial charge in [-0.25, -0.2) is 4.39 Å². The molecule has 1 fully saturated rings. The predicted octanol–water partition coefficient (Wildman–Crippen LogP) is 5.38. The van der Waals surface area contributed by atoms with Crippen molar-refractivity contribution in [2.75, 3.05) is 6.54 Å². The van der Waals surface area contributed by atoms with E-state index in [4.69, 9.17) is 34.4 Å². The molecule has 0 spiro atoms. The Morgan fingerprint density at radius 3 is 2.54 bits per heavy atom. The number of nitrogens with zero attached hydrogens (tertiary/aromatic N) is 1. The largest absolute Gasteiger partial charge is 0.486 e. The Hall–Kier alpha value is -2.46. The van der Waals surface area contributed by atoms with Crippen LogP contribution in [-0.4, -0.2) is 22.6 Å². The second-order valence-corrected chi connectivity index (χ2v) is 7.47. The van der Waals surface area contributed by atoms with E-state index in [2.05, 4.69) is 5.92 Å². The fourth-order valence-electron chi connectivity index (χ4n) is 2.45. The SMILES string of the molecule is C#CCN1C(=O)S/C(=C/c2cc(Cl)c(OCc3ccccc3F)c(Cl)c2)C1=O. The lowest BCUT2D eigenvalue weighted by Gasteiger charge is -2.11. The van der Waals surface area contributed by atoms with Crippen LogP contribution in [0.1, 0.15) is 11.1 Å². The number of hydrogen-bond acceptors (Lipinski definition) is 4. The maximum Gasteiger partial charge on any atom is 0.294 e. The number of rotatable bonds is 5. The van der Waals surface area contributed by atoms with Crippen molar-refractivity contribution in [1.82, 2.24) is 4.90 Å². The highest BCUT2D eigenvalue weighted by Gasteiger charge is 2.34. The van der Waals surface area contributed by atoms with Gasteiger partial charge in [0.05, 0.1) is 21.5 Å². The van der Waals surface area contributed by atoms with Crippen molar-refractivity contribution in [1.29, 1.82) is 0 Å². The van der Waals surface area contributed by atoms with Gasteiger partial charge >= 0.3 is 0 Å². The predicted molar refractivity (Wildman–Crippen MR) is 109 cm³/mol. The van der Waals surface area contributed by atoms with Crippen LogP contribution in [0.4, 0.5) is 9.18 Å². The van der Waals surface area contributed by atoms with E-state index in [9.17, 15) is 14.0 Å². The summed E-state index contributed by atoms with van der Waals surface area (Å²) in [5.41, 5.74) is 0.875. The van der Waals surface area contributed by atoms with Gasteiger partial charge in [-0.3, -0.25) is 14.5 Å². The molecule has 0 saturated carbocycles. The van der Waals surface area contributed by atoms with Gasteiger partial charge in [-0.15, -0.1) is 6.42 Å². The van der Waals surface area contributed by atoms with E-state index in [-0.39, 0.29) is 33.9 Å². The summed E-state index contributed by atoms with van der Waals surface area (Å²) in [6, 6.07) is 9.29. The molecule has 4 nitrogen and oxygen atoms in total. The summed E-state index contributed by atoms with van der Waals surface area (Å²) >= 11 is 13.3. The lowest BCUT2D eigenvalue weighted by Crippen LogP contribution is -2.28. The summed E-state index contributed by atoms with van der Waals surface area (Å²) in [6.45, 7) is -0.136. The van der Waals surface area contributed by atoms with E-state index in [1.807, 2.05) is 0 Å². The Bertz CT molecular complexity index is 1010. The Labute approximate surface area is 175 Å². The van der Waals surface area contributed by atoms with Gasteiger partial charge in [-0.2, -0.15) is 0 Å². The molecule has 142 valence electrons. The molecule has 0 atom stereocenters. The topological polar surface area (TPSA) is 46.6 Å². The first kappa shape index (κ1) is 20.3. The highest BCUT2D eigenvalue weighted by Crippen LogP contribution is 2.37. The summed E-state index contributed by atoms with van der Waals surface area (Å²) < 4.78 is 19.3. The monoisotopic (exact) mass is 435 g/mol. The first-order chi connectivity index (χ1) is 13.4. The van der Waals surface area contributed by atoms with Crippen molar-refractivity contribution < 1.29 is 18.7 Å². The molecule has 2 amide bonds. The minimum absolute atomic E-state index is 0.0452. The van der Waals surface area contributed by atoms with E-state index < -0.39 is 17.0 Å². The summed E-state index contributed by atoms with van der Waals surface area (Å²) in [4.78, 5) is 25.3. The number of benzene rings is 2. The van der Waals surface area contributed by atoms with Gasteiger partial charge < -0.3 is 4.74 Å². The summed E-state index contributed by atoms with van der Waals surface area (Å²) in [7, 11) is 0. The van der Waals surface area contributed by atoms with Gasteiger partial charge in [0, 0.05) is 5.56 Å². The van der Waals surface area contributed by atoms with Crippen LogP contribution in [0.15, 0.2) is 41.3 Å². The first-order valence-corrected chi connectivity index (χ1v) is 9.52. The standard InChI is InChI=1S/C20H12Cl2FNO3S/c1-2-7-24-19(25)17(28-20(24)26)10-12-8-14(21)18(15(22)9-12)27-11-13-5-3-4-6-16(13)23/h1,3-6,8-10H,7,11H2/b17-10+. The van der Waals surface area contributed by atoms with Crippen LogP contribution in [-0.2, 0) is 11.4 Å². The molecule has 0 N–H and O–H groups in total. The Kier molecular flexibility index (Phi) is 6.30. The van der Waals surface area contributed by atoms with Gasteiger partial charge in [0.15, 0.2) is 5.75 Å². The third-order valence-electron chi connectivity index (χ3n) is 3.77. The lowest BCUT2D eigenvalue weighted by atomic mass is 10.2. The van der Waals surface area contributed by atoms with Crippen LogP contribution >= 0.6 is 35.0 Å². The van der Waals surface area contributed by atoms with Crippen molar-refractivity contribution in [3.05, 3.63) is 68.3 Å². The highest BCUT2D eigenvalue weighted by atomic mass is 35.5.